The van der Waals surface area contributed by atoms with Gasteiger partial charge in [-0.3, -0.25) is 9.69 Å². The molecule has 2 atom stereocenters. The standard InChI is InChI=1S/C23H26F3NO4/c1-3-30-19-12-9-16(14-20(19)31-4-2)21(27-13-5-6-18(27)22(28)29)15-7-10-17(11-8-15)23(24,25)26/h7-12,14,18,21H,3-6,13H2,1-2H3,(H,28,29). The van der Waals surface area contributed by atoms with Gasteiger partial charge in [-0.2, -0.15) is 13.2 Å². The fraction of sp³-hybridized carbons (Fsp3) is 0.435. The van der Waals surface area contributed by atoms with Crippen LogP contribution in [0.5, 0.6) is 11.5 Å². The van der Waals surface area contributed by atoms with Crippen molar-refractivity contribution in [2.75, 3.05) is 19.8 Å². The van der Waals surface area contributed by atoms with Gasteiger partial charge in [-0.25, -0.2) is 0 Å². The van der Waals surface area contributed by atoms with E-state index in [-0.39, 0.29) is 0 Å². The summed E-state index contributed by atoms with van der Waals surface area (Å²) in [4.78, 5) is 13.7. The van der Waals surface area contributed by atoms with Crippen LogP contribution in [0.25, 0.3) is 0 Å². The number of aliphatic carboxylic acids is 1. The van der Waals surface area contributed by atoms with Crippen LogP contribution in [-0.2, 0) is 11.0 Å². The predicted octanol–water partition coefficient (Wildman–Crippen LogP) is 5.14. The third-order valence-corrected chi connectivity index (χ3v) is 5.35. The van der Waals surface area contributed by atoms with Crippen LogP contribution in [-0.4, -0.2) is 41.8 Å². The number of benzene rings is 2. The maximum atomic E-state index is 13.0. The van der Waals surface area contributed by atoms with E-state index in [0.717, 1.165) is 17.7 Å². The molecule has 1 fully saturated rings. The Bertz CT molecular complexity index is 899. The first kappa shape index (κ1) is 22.9. The van der Waals surface area contributed by atoms with Gasteiger partial charge in [0, 0.05) is 6.54 Å². The summed E-state index contributed by atoms with van der Waals surface area (Å²) in [5.74, 6) is 0.144. The van der Waals surface area contributed by atoms with Gasteiger partial charge in [-0.05, 0) is 62.1 Å². The van der Waals surface area contributed by atoms with Crippen LogP contribution in [0, 0.1) is 0 Å². The molecule has 1 aliphatic heterocycles. The number of carboxylic acid groups (broad SMARTS) is 1. The minimum atomic E-state index is -4.44. The van der Waals surface area contributed by atoms with Crippen molar-refractivity contribution in [1.82, 2.24) is 4.90 Å². The van der Waals surface area contributed by atoms with E-state index in [1.807, 2.05) is 24.8 Å². The third-order valence-electron chi connectivity index (χ3n) is 5.35. The van der Waals surface area contributed by atoms with Crippen molar-refractivity contribution < 1.29 is 32.5 Å². The lowest BCUT2D eigenvalue weighted by Gasteiger charge is -2.32. The molecule has 2 aromatic rings. The summed E-state index contributed by atoms with van der Waals surface area (Å²) in [6.45, 7) is 5.09. The summed E-state index contributed by atoms with van der Waals surface area (Å²) >= 11 is 0. The summed E-state index contributed by atoms with van der Waals surface area (Å²) < 4.78 is 50.5. The van der Waals surface area contributed by atoms with Crippen LogP contribution < -0.4 is 9.47 Å². The Morgan fingerprint density at radius 2 is 1.68 bits per heavy atom. The number of nitrogens with zero attached hydrogens (tertiary/aromatic N) is 1. The van der Waals surface area contributed by atoms with E-state index < -0.39 is 29.8 Å². The number of halogens is 3. The van der Waals surface area contributed by atoms with Crippen LogP contribution in [0.15, 0.2) is 42.5 Å². The maximum absolute atomic E-state index is 13.0. The molecule has 0 radical (unpaired) electrons. The predicted molar refractivity (Wildman–Crippen MR) is 109 cm³/mol. The quantitative estimate of drug-likeness (QED) is 0.620. The molecule has 5 nitrogen and oxygen atoms in total. The average Bonchev–Trinajstić information content (AvgIpc) is 3.20. The topological polar surface area (TPSA) is 59.0 Å². The molecule has 1 N–H and O–H groups in total. The second kappa shape index (κ2) is 9.60. The summed E-state index contributed by atoms with van der Waals surface area (Å²) in [7, 11) is 0. The summed E-state index contributed by atoms with van der Waals surface area (Å²) in [5, 5.41) is 9.69. The number of hydrogen-bond acceptors (Lipinski definition) is 4. The zero-order valence-corrected chi connectivity index (χ0v) is 17.5. The number of hydrogen-bond donors (Lipinski definition) is 1. The molecule has 0 spiro atoms. The molecule has 0 aromatic heterocycles. The molecule has 168 valence electrons. The summed E-state index contributed by atoms with van der Waals surface area (Å²) in [6.07, 6.45) is -3.25. The lowest BCUT2D eigenvalue weighted by atomic mass is 9.95. The van der Waals surface area contributed by atoms with E-state index in [0.29, 0.717) is 49.7 Å². The van der Waals surface area contributed by atoms with Crippen molar-refractivity contribution in [3.8, 4) is 11.5 Å². The van der Waals surface area contributed by atoms with E-state index in [1.165, 1.54) is 12.1 Å². The molecule has 1 heterocycles. The van der Waals surface area contributed by atoms with E-state index >= 15 is 0 Å². The SMILES string of the molecule is CCOc1ccc(C(c2ccc(C(F)(F)F)cc2)N2CCCC2C(=O)O)cc1OCC. The minimum absolute atomic E-state index is 0.413. The molecule has 0 bridgehead atoms. The van der Waals surface area contributed by atoms with E-state index in [4.69, 9.17) is 9.47 Å². The van der Waals surface area contributed by atoms with Crippen LogP contribution in [0.3, 0.4) is 0 Å². The molecular formula is C23H26F3NO4. The zero-order valence-electron chi connectivity index (χ0n) is 17.5. The molecule has 2 unspecified atom stereocenters. The molecule has 3 rings (SSSR count). The number of rotatable bonds is 8. The van der Waals surface area contributed by atoms with Gasteiger partial charge in [0.15, 0.2) is 11.5 Å². The van der Waals surface area contributed by atoms with Crippen LogP contribution in [0.4, 0.5) is 13.2 Å². The first-order chi connectivity index (χ1) is 14.8. The van der Waals surface area contributed by atoms with Gasteiger partial charge in [0.25, 0.3) is 0 Å². The zero-order chi connectivity index (χ0) is 22.6. The lowest BCUT2D eigenvalue weighted by Crippen LogP contribution is -2.39. The Morgan fingerprint density at radius 1 is 1.06 bits per heavy atom. The molecule has 31 heavy (non-hydrogen) atoms. The van der Waals surface area contributed by atoms with Crippen molar-refractivity contribution in [3.05, 3.63) is 59.2 Å². The van der Waals surface area contributed by atoms with Gasteiger partial charge in [-0.1, -0.05) is 18.2 Å². The van der Waals surface area contributed by atoms with Crippen LogP contribution >= 0.6 is 0 Å². The Balaban J connectivity index is 2.08. The molecule has 1 saturated heterocycles. The Labute approximate surface area is 179 Å². The molecule has 0 amide bonds. The molecule has 8 heteroatoms. The van der Waals surface area contributed by atoms with Crippen molar-refractivity contribution in [2.24, 2.45) is 0 Å². The van der Waals surface area contributed by atoms with Crippen LogP contribution in [0.1, 0.15) is 49.4 Å². The average molecular weight is 437 g/mol. The highest BCUT2D eigenvalue weighted by molar-refractivity contribution is 5.74. The number of carbonyl (C=O) groups is 1. The lowest BCUT2D eigenvalue weighted by molar-refractivity contribution is -0.142. The summed E-state index contributed by atoms with van der Waals surface area (Å²) in [6, 6.07) is 9.02. The molecule has 1 aliphatic rings. The van der Waals surface area contributed by atoms with Gasteiger partial charge in [0.1, 0.15) is 6.04 Å². The Morgan fingerprint density at radius 3 is 2.26 bits per heavy atom. The largest absolute Gasteiger partial charge is 0.490 e. The second-order valence-corrected chi connectivity index (χ2v) is 7.33. The Kier molecular flexibility index (Phi) is 7.10. The minimum Gasteiger partial charge on any atom is -0.490 e. The highest BCUT2D eigenvalue weighted by atomic mass is 19.4. The van der Waals surface area contributed by atoms with Gasteiger partial charge in [0.2, 0.25) is 0 Å². The second-order valence-electron chi connectivity index (χ2n) is 7.33. The third kappa shape index (κ3) is 5.12. The van der Waals surface area contributed by atoms with Crippen molar-refractivity contribution in [1.29, 1.82) is 0 Å². The van der Waals surface area contributed by atoms with Crippen molar-refractivity contribution >= 4 is 5.97 Å². The fourth-order valence-corrected chi connectivity index (χ4v) is 4.03. The first-order valence-corrected chi connectivity index (χ1v) is 10.3. The molecule has 0 aliphatic carbocycles. The van der Waals surface area contributed by atoms with Crippen molar-refractivity contribution in [3.63, 3.8) is 0 Å². The number of carboxylic acids is 1. The molecule has 2 aromatic carbocycles. The van der Waals surface area contributed by atoms with Gasteiger partial charge in [-0.15, -0.1) is 0 Å². The highest BCUT2D eigenvalue weighted by Gasteiger charge is 2.38. The normalized spacial score (nSPS) is 18.0. The van der Waals surface area contributed by atoms with Crippen molar-refractivity contribution in [2.45, 2.75) is 44.9 Å². The van der Waals surface area contributed by atoms with Gasteiger partial charge < -0.3 is 14.6 Å². The smallest absolute Gasteiger partial charge is 0.416 e. The fourth-order valence-electron chi connectivity index (χ4n) is 4.03. The highest BCUT2D eigenvalue weighted by Crippen LogP contribution is 2.40. The van der Waals surface area contributed by atoms with E-state index in [1.54, 1.807) is 12.1 Å². The maximum Gasteiger partial charge on any atom is 0.416 e. The van der Waals surface area contributed by atoms with Crippen LogP contribution in [0.2, 0.25) is 0 Å². The number of likely N-dealkylation sites (tertiary alicyclic amines) is 1. The molecule has 0 saturated carbocycles. The Hall–Kier alpha value is -2.74. The van der Waals surface area contributed by atoms with E-state index in [2.05, 4.69) is 0 Å². The van der Waals surface area contributed by atoms with E-state index in [9.17, 15) is 23.1 Å². The number of ether oxygens (including phenoxy) is 2. The van der Waals surface area contributed by atoms with Gasteiger partial charge >= 0.3 is 12.1 Å². The van der Waals surface area contributed by atoms with Gasteiger partial charge in [0.05, 0.1) is 24.8 Å². The first-order valence-electron chi connectivity index (χ1n) is 10.3. The monoisotopic (exact) mass is 437 g/mol. The number of alkyl halides is 3. The summed E-state index contributed by atoms with van der Waals surface area (Å²) in [5.41, 5.74) is 0.584. The molecular weight excluding hydrogens is 411 g/mol.